The Balaban J connectivity index is 1.18. The third-order valence-corrected chi connectivity index (χ3v) is 6.89. The average molecular weight is 491 g/mol. The lowest BCUT2D eigenvalue weighted by molar-refractivity contribution is 0.304. The van der Waals surface area contributed by atoms with Gasteiger partial charge in [-0.05, 0) is 56.1 Å². The zero-order chi connectivity index (χ0) is 24.5. The maximum Gasteiger partial charge on any atom is 0.229 e. The summed E-state index contributed by atoms with van der Waals surface area (Å²) in [5, 5.41) is 6.25. The molecule has 0 spiro atoms. The van der Waals surface area contributed by atoms with Crippen LogP contribution in [0.5, 0.6) is 5.75 Å². The van der Waals surface area contributed by atoms with Gasteiger partial charge in [0.1, 0.15) is 12.4 Å². The Hall–Kier alpha value is -3.66. The van der Waals surface area contributed by atoms with Crippen molar-refractivity contribution in [3.63, 3.8) is 0 Å². The molecule has 3 aromatic rings. The second-order valence-electron chi connectivity index (χ2n) is 9.74. The Morgan fingerprint density at radius 3 is 2.72 bits per heavy atom. The number of nitrogens with zero attached hydrogens (tertiary/aromatic N) is 6. The minimum absolute atomic E-state index is 0.0700. The number of halogens is 1. The van der Waals surface area contributed by atoms with E-state index in [0.717, 1.165) is 68.1 Å². The molecule has 188 valence electrons. The number of nitrogens with one attached hydrogen (secondary N) is 2. The minimum Gasteiger partial charge on any atom is -0.488 e. The number of fused-ring (bicyclic) bond motifs is 1. The zero-order valence-corrected chi connectivity index (χ0v) is 20.5. The topological polar surface area (TPSA) is 81.7 Å². The SMILES string of the molecule is CN1CCN(c2cccc(Nc3ncc(F)c(Nc4ccc5c(n4)N(CC4CC4)CCO5)n3)c2)CC1. The molecule has 0 unspecified atom stereocenters. The third-order valence-electron chi connectivity index (χ3n) is 6.89. The van der Waals surface area contributed by atoms with Crippen LogP contribution in [-0.4, -0.2) is 72.8 Å². The van der Waals surface area contributed by atoms with Crippen LogP contribution < -0.4 is 25.2 Å². The van der Waals surface area contributed by atoms with Gasteiger partial charge in [-0.15, -0.1) is 0 Å². The van der Waals surface area contributed by atoms with Gasteiger partial charge < -0.3 is 30.1 Å². The highest BCUT2D eigenvalue weighted by Crippen LogP contribution is 2.36. The van der Waals surface area contributed by atoms with Crippen LogP contribution >= 0.6 is 0 Å². The lowest BCUT2D eigenvalue weighted by atomic mass is 10.2. The van der Waals surface area contributed by atoms with Crippen molar-refractivity contribution in [2.24, 2.45) is 5.92 Å². The molecule has 6 rings (SSSR count). The van der Waals surface area contributed by atoms with Gasteiger partial charge in [0.2, 0.25) is 5.95 Å². The minimum atomic E-state index is -0.544. The smallest absolute Gasteiger partial charge is 0.229 e. The molecule has 2 aliphatic heterocycles. The summed E-state index contributed by atoms with van der Waals surface area (Å²) in [5.41, 5.74) is 1.99. The van der Waals surface area contributed by atoms with Gasteiger partial charge in [-0.25, -0.2) is 14.4 Å². The molecule has 0 atom stereocenters. The molecule has 0 radical (unpaired) electrons. The number of likely N-dealkylation sites (N-methyl/N-ethyl adjacent to an activating group) is 1. The van der Waals surface area contributed by atoms with Crippen LogP contribution in [-0.2, 0) is 0 Å². The Morgan fingerprint density at radius 1 is 1.03 bits per heavy atom. The molecule has 2 aromatic heterocycles. The molecule has 10 heteroatoms. The highest BCUT2D eigenvalue weighted by Gasteiger charge is 2.28. The Labute approximate surface area is 210 Å². The van der Waals surface area contributed by atoms with Gasteiger partial charge >= 0.3 is 0 Å². The first-order valence-corrected chi connectivity index (χ1v) is 12.6. The molecule has 1 saturated heterocycles. The normalized spacial score (nSPS) is 17.9. The van der Waals surface area contributed by atoms with Crippen molar-refractivity contribution in [3.05, 3.63) is 48.4 Å². The molecule has 1 saturated carbocycles. The van der Waals surface area contributed by atoms with E-state index in [9.17, 15) is 4.39 Å². The summed E-state index contributed by atoms with van der Waals surface area (Å²) in [7, 11) is 2.14. The summed E-state index contributed by atoms with van der Waals surface area (Å²) in [6.45, 7) is 6.48. The summed E-state index contributed by atoms with van der Waals surface area (Å²) in [5.74, 6) is 2.65. The molecule has 1 aliphatic carbocycles. The van der Waals surface area contributed by atoms with Crippen LogP contribution in [0.25, 0.3) is 0 Å². The standard InChI is InChI=1S/C26H31FN8O/c1-33-9-11-34(12-10-33)20-4-2-3-19(15-20)29-26-28-16-21(27)24(32-26)30-23-8-7-22-25(31-23)35(13-14-36-22)17-18-5-6-18/h2-4,7-8,15-16,18H,5-6,9-14,17H2,1H3,(H2,28,29,30,31,32). The fourth-order valence-electron chi connectivity index (χ4n) is 4.62. The van der Waals surface area contributed by atoms with E-state index >= 15 is 0 Å². The molecular formula is C26H31FN8O. The predicted molar refractivity (Wildman–Crippen MR) is 139 cm³/mol. The van der Waals surface area contributed by atoms with E-state index in [1.165, 1.54) is 19.0 Å². The molecule has 36 heavy (non-hydrogen) atoms. The number of hydrogen-bond donors (Lipinski definition) is 2. The predicted octanol–water partition coefficient (Wildman–Crippen LogP) is 3.86. The van der Waals surface area contributed by atoms with Crippen molar-refractivity contribution < 1.29 is 9.13 Å². The maximum absolute atomic E-state index is 14.6. The molecule has 9 nitrogen and oxygen atoms in total. The largest absolute Gasteiger partial charge is 0.488 e. The Kier molecular flexibility index (Phi) is 6.18. The average Bonchev–Trinajstić information content (AvgIpc) is 3.71. The summed E-state index contributed by atoms with van der Waals surface area (Å²) >= 11 is 0. The number of rotatable bonds is 7. The van der Waals surface area contributed by atoms with Crippen molar-refractivity contribution in [1.29, 1.82) is 0 Å². The third kappa shape index (κ3) is 5.13. The van der Waals surface area contributed by atoms with Gasteiger partial charge in [0.05, 0.1) is 12.7 Å². The van der Waals surface area contributed by atoms with Gasteiger partial charge in [-0.2, -0.15) is 4.98 Å². The van der Waals surface area contributed by atoms with E-state index in [1.807, 2.05) is 18.2 Å². The summed E-state index contributed by atoms with van der Waals surface area (Å²) in [4.78, 5) is 20.2. The van der Waals surface area contributed by atoms with Gasteiger partial charge in [0.15, 0.2) is 23.2 Å². The van der Waals surface area contributed by atoms with Gasteiger partial charge in [0.25, 0.3) is 0 Å². The molecule has 3 aliphatic rings. The molecule has 1 aromatic carbocycles. The lowest BCUT2D eigenvalue weighted by Gasteiger charge is -2.34. The second kappa shape index (κ2) is 9.77. The van der Waals surface area contributed by atoms with Gasteiger partial charge in [-0.3, -0.25) is 0 Å². The first kappa shape index (κ1) is 22.8. The van der Waals surface area contributed by atoms with E-state index in [-0.39, 0.29) is 5.82 Å². The van der Waals surface area contributed by atoms with Crippen molar-refractivity contribution in [3.8, 4) is 5.75 Å². The number of hydrogen-bond acceptors (Lipinski definition) is 9. The molecule has 2 fully saturated rings. The number of benzene rings is 1. The van der Waals surface area contributed by atoms with Crippen LogP contribution in [0.2, 0.25) is 0 Å². The molecule has 0 bridgehead atoms. The number of anilines is 6. The van der Waals surface area contributed by atoms with Gasteiger partial charge in [-0.1, -0.05) is 6.07 Å². The van der Waals surface area contributed by atoms with Crippen molar-refractivity contribution in [1.82, 2.24) is 19.9 Å². The van der Waals surface area contributed by atoms with Crippen LogP contribution in [0.15, 0.2) is 42.6 Å². The fraction of sp³-hybridized carbons (Fsp3) is 0.423. The highest BCUT2D eigenvalue weighted by molar-refractivity contribution is 5.65. The van der Waals surface area contributed by atoms with Crippen LogP contribution in [0.1, 0.15) is 12.8 Å². The van der Waals surface area contributed by atoms with E-state index in [2.05, 4.69) is 54.5 Å². The zero-order valence-electron chi connectivity index (χ0n) is 20.5. The lowest BCUT2D eigenvalue weighted by Crippen LogP contribution is -2.44. The highest BCUT2D eigenvalue weighted by atomic mass is 19.1. The monoisotopic (exact) mass is 490 g/mol. The van der Waals surface area contributed by atoms with Crippen molar-refractivity contribution in [2.75, 3.05) is 73.4 Å². The van der Waals surface area contributed by atoms with Crippen LogP contribution in [0.3, 0.4) is 0 Å². The fourth-order valence-corrected chi connectivity index (χ4v) is 4.62. The van der Waals surface area contributed by atoms with Crippen LogP contribution in [0, 0.1) is 11.7 Å². The maximum atomic E-state index is 14.6. The summed E-state index contributed by atoms with van der Waals surface area (Å²) < 4.78 is 20.4. The number of pyridine rings is 1. The molecular weight excluding hydrogens is 459 g/mol. The first-order valence-electron chi connectivity index (χ1n) is 12.6. The number of piperazine rings is 1. The first-order chi connectivity index (χ1) is 17.6. The van der Waals surface area contributed by atoms with Crippen LogP contribution in [0.4, 0.5) is 39.2 Å². The molecule has 2 N–H and O–H groups in total. The number of aromatic nitrogens is 3. The van der Waals surface area contributed by atoms with Crippen molar-refractivity contribution >= 4 is 34.8 Å². The summed E-state index contributed by atoms with van der Waals surface area (Å²) in [6, 6.07) is 11.8. The van der Waals surface area contributed by atoms with Gasteiger partial charge in [0, 0.05) is 44.1 Å². The summed E-state index contributed by atoms with van der Waals surface area (Å²) in [6.07, 6.45) is 3.71. The van der Waals surface area contributed by atoms with E-state index in [1.54, 1.807) is 6.07 Å². The van der Waals surface area contributed by atoms with E-state index in [4.69, 9.17) is 9.72 Å². The van der Waals surface area contributed by atoms with E-state index in [0.29, 0.717) is 18.4 Å². The number of ether oxygens (including phenoxy) is 1. The quantitative estimate of drug-likeness (QED) is 0.513. The molecule has 0 amide bonds. The second-order valence-corrected chi connectivity index (χ2v) is 9.74. The van der Waals surface area contributed by atoms with Crippen molar-refractivity contribution in [2.45, 2.75) is 12.8 Å². The Bertz CT molecular complexity index is 1230. The molecule has 4 heterocycles. The Morgan fingerprint density at radius 2 is 1.89 bits per heavy atom. The van der Waals surface area contributed by atoms with E-state index < -0.39 is 5.82 Å².